The third-order valence-corrected chi connectivity index (χ3v) is 4.03. The molecule has 1 N–H and O–H groups in total. The quantitative estimate of drug-likeness (QED) is 0.683. The number of benzene rings is 2. The van der Waals surface area contributed by atoms with Crippen LogP contribution in [0.15, 0.2) is 52.9 Å². The Morgan fingerprint density at radius 3 is 2.50 bits per heavy atom. The zero-order valence-corrected chi connectivity index (χ0v) is 14.7. The normalized spacial score (nSPS) is 10.7. The fourth-order valence-electron chi connectivity index (χ4n) is 2.37. The Balaban J connectivity index is 1.43. The highest BCUT2D eigenvalue weighted by atomic mass is 35.5. The van der Waals surface area contributed by atoms with Gasteiger partial charge in [-0.1, -0.05) is 23.7 Å². The zero-order chi connectivity index (χ0) is 18.4. The van der Waals surface area contributed by atoms with Crippen molar-refractivity contribution >= 4 is 17.5 Å². The molecule has 0 bridgehead atoms. The lowest BCUT2D eigenvalue weighted by atomic mass is 10.1. The minimum atomic E-state index is -0.268. The van der Waals surface area contributed by atoms with Gasteiger partial charge in [0, 0.05) is 30.0 Å². The first-order valence-electron chi connectivity index (χ1n) is 8.19. The Bertz CT molecular complexity index is 863. The summed E-state index contributed by atoms with van der Waals surface area (Å²) in [5, 5.41) is 11.4. The number of hydrogen-bond acceptors (Lipinski definition) is 4. The minimum Gasteiger partial charge on any atom is -0.421 e. The predicted octanol–water partition coefficient (Wildman–Crippen LogP) is 3.82. The number of halogens is 2. The van der Waals surface area contributed by atoms with Gasteiger partial charge in [-0.15, -0.1) is 10.2 Å². The van der Waals surface area contributed by atoms with E-state index in [-0.39, 0.29) is 18.1 Å². The second-order valence-corrected chi connectivity index (χ2v) is 6.17. The second kappa shape index (κ2) is 8.58. The van der Waals surface area contributed by atoms with Gasteiger partial charge in [-0.2, -0.15) is 0 Å². The van der Waals surface area contributed by atoms with Crippen LogP contribution in [0.5, 0.6) is 0 Å². The van der Waals surface area contributed by atoms with Crippen LogP contribution in [-0.2, 0) is 17.6 Å². The summed E-state index contributed by atoms with van der Waals surface area (Å²) >= 11 is 5.85. The molecule has 0 aliphatic rings. The summed E-state index contributed by atoms with van der Waals surface area (Å²) in [6, 6.07) is 13.3. The highest BCUT2D eigenvalue weighted by Gasteiger charge is 2.10. The van der Waals surface area contributed by atoms with Crippen molar-refractivity contribution in [3.63, 3.8) is 0 Å². The molecule has 26 heavy (non-hydrogen) atoms. The SMILES string of the molecule is O=C(CCc1nnc(-c2ccc(Cl)cc2)o1)NCCc1ccc(F)cc1. The van der Waals surface area contributed by atoms with Gasteiger partial charge >= 0.3 is 0 Å². The van der Waals surface area contributed by atoms with Crippen molar-refractivity contribution in [2.45, 2.75) is 19.3 Å². The zero-order valence-electron chi connectivity index (χ0n) is 13.9. The van der Waals surface area contributed by atoms with Crippen molar-refractivity contribution in [1.82, 2.24) is 15.5 Å². The lowest BCUT2D eigenvalue weighted by molar-refractivity contribution is -0.121. The molecule has 134 valence electrons. The van der Waals surface area contributed by atoms with Gasteiger partial charge in [-0.05, 0) is 48.4 Å². The molecule has 3 aromatic rings. The van der Waals surface area contributed by atoms with E-state index in [1.807, 2.05) is 0 Å². The fourth-order valence-corrected chi connectivity index (χ4v) is 2.50. The molecule has 7 heteroatoms. The van der Waals surface area contributed by atoms with E-state index in [1.165, 1.54) is 12.1 Å². The molecular weight excluding hydrogens is 357 g/mol. The molecule has 0 radical (unpaired) electrons. The first-order valence-corrected chi connectivity index (χ1v) is 8.57. The summed E-state index contributed by atoms with van der Waals surface area (Å²) in [5.74, 6) is 0.436. The Labute approximate surface area is 155 Å². The van der Waals surface area contributed by atoms with E-state index in [1.54, 1.807) is 36.4 Å². The molecule has 0 spiro atoms. The number of nitrogens with zero attached hydrogens (tertiary/aromatic N) is 2. The lowest BCUT2D eigenvalue weighted by Crippen LogP contribution is -2.25. The van der Waals surface area contributed by atoms with Crippen LogP contribution in [0, 0.1) is 5.82 Å². The molecule has 0 saturated heterocycles. The van der Waals surface area contributed by atoms with E-state index in [0.717, 1.165) is 11.1 Å². The van der Waals surface area contributed by atoms with Crippen LogP contribution in [0.1, 0.15) is 17.9 Å². The van der Waals surface area contributed by atoms with Gasteiger partial charge in [-0.25, -0.2) is 4.39 Å². The summed E-state index contributed by atoms with van der Waals surface area (Å²) in [5.41, 5.74) is 1.74. The minimum absolute atomic E-state index is 0.0987. The van der Waals surface area contributed by atoms with Crippen molar-refractivity contribution < 1.29 is 13.6 Å². The van der Waals surface area contributed by atoms with E-state index in [0.29, 0.717) is 36.2 Å². The van der Waals surface area contributed by atoms with Crippen LogP contribution in [0.25, 0.3) is 11.5 Å². The summed E-state index contributed by atoms with van der Waals surface area (Å²) in [7, 11) is 0. The van der Waals surface area contributed by atoms with Gasteiger partial charge in [0.1, 0.15) is 5.82 Å². The van der Waals surface area contributed by atoms with Crippen molar-refractivity contribution in [1.29, 1.82) is 0 Å². The van der Waals surface area contributed by atoms with Gasteiger partial charge in [-0.3, -0.25) is 4.79 Å². The van der Waals surface area contributed by atoms with Crippen LogP contribution in [0.2, 0.25) is 5.02 Å². The molecule has 0 atom stereocenters. The van der Waals surface area contributed by atoms with Crippen molar-refractivity contribution in [2.24, 2.45) is 0 Å². The average Bonchev–Trinajstić information content (AvgIpc) is 3.11. The molecule has 0 saturated carbocycles. The van der Waals surface area contributed by atoms with Gasteiger partial charge in [0.25, 0.3) is 0 Å². The maximum absolute atomic E-state index is 12.8. The van der Waals surface area contributed by atoms with E-state index in [2.05, 4.69) is 15.5 Å². The Morgan fingerprint density at radius 1 is 1.04 bits per heavy atom. The summed E-state index contributed by atoms with van der Waals surface area (Å²) in [6.07, 6.45) is 1.27. The number of carbonyl (C=O) groups excluding carboxylic acids is 1. The second-order valence-electron chi connectivity index (χ2n) is 5.73. The van der Waals surface area contributed by atoms with Gasteiger partial charge in [0.05, 0.1) is 0 Å². The Kier molecular flexibility index (Phi) is 5.96. The first kappa shape index (κ1) is 18.1. The number of aryl methyl sites for hydroxylation is 1. The molecule has 0 aliphatic carbocycles. The highest BCUT2D eigenvalue weighted by Crippen LogP contribution is 2.20. The van der Waals surface area contributed by atoms with Crippen LogP contribution in [0.4, 0.5) is 4.39 Å². The van der Waals surface area contributed by atoms with Gasteiger partial charge < -0.3 is 9.73 Å². The molecular formula is C19H17ClFN3O2. The fraction of sp³-hybridized carbons (Fsp3) is 0.211. The van der Waals surface area contributed by atoms with Crippen LogP contribution >= 0.6 is 11.6 Å². The van der Waals surface area contributed by atoms with E-state index >= 15 is 0 Å². The van der Waals surface area contributed by atoms with E-state index < -0.39 is 0 Å². The maximum atomic E-state index is 12.8. The van der Waals surface area contributed by atoms with Gasteiger partial charge in [0.15, 0.2) is 0 Å². The van der Waals surface area contributed by atoms with E-state index in [4.69, 9.17) is 16.0 Å². The maximum Gasteiger partial charge on any atom is 0.247 e. The summed E-state index contributed by atoms with van der Waals surface area (Å²) in [4.78, 5) is 11.9. The molecule has 0 fully saturated rings. The molecule has 1 heterocycles. The number of amides is 1. The monoisotopic (exact) mass is 373 g/mol. The van der Waals surface area contributed by atoms with Crippen LogP contribution in [-0.4, -0.2) is 22.6 Å². The molecule has 2 aromatic carbocycles. The molecule has 0 unspecified atom stereocenters. The molecule has 0 aliphatic heterocycles. The number of hydrogen-bond donors (Lipinski definition) is 1. The largest absolute Gasteiger partial charge is 0.421 e. The topological polar surface area (TPSA) is 68.0 Å². The van der Waals surface area contributed by atoms with Crippen molar-refractivity contribution in [3.05, 3.63) is 70.8 Å². The van der Waals surface area contributed by atoms with Crippen molar-refractivity contribution in [3.8, 4) is 11.5 Å². The molecule has 1 aromatic heterocycles. The van der Waals surface area contributed by atoms with Crippen LogP contribution < -0.4 is 5.32 Å². The molecule has 5 nitrogen and oxygen atoms in total. The first-order chi connectivity index (χ1) is 12.6. The highest BCUT2D eigenvalue weighted by molar-refractivity contribution is 6.30. The van der Waals surface area contributed by atoms with E-state index in [9.17, 15) is 9.18 Å². The molecule has 1 amide bonds. The van der Waals surface area contributed by atoms with Crippen molar-refractivity contribution in [2.75, 3.05) is 6.54 Å². The third-order valence-electron chi connectivity index (χ3n) is 3.77. The number of nitrogens with one attached hydrogen (secondary N) is 1. The smallest absolute Gasteiger partial charge is 0.247 e. The Hall–Kier alpha value is -2.73. The standard InChI is InChI=1S/C19H17ClFN3O2/c20-15-5-3-14(4-6-15)19-24-23-18(26-19)10-9-17(25)22-12-11-13-1-7-16(21)8-2-13/h1-8H,9-12H2,(H,22,25). The Morgan fingerprint density at radius 2 is 1.77 bits per heavy atom. The average molecular weight is 374 g/mol. The van der Waals surface area contributed by atoms with Crippen LogP contribution in [0.3, 0.4) is 0 Å². The predicted molar refractivity (Wildman–Crippen MR) is 96.2 cm³/mol. The summed E-state index contributed by atoms with van der Waals surface area (Å²) in [6.45, 7) is 0.490. The summed E-state index contributed by atoms with van der Waals surface area (Å²) < 4.78 is 18.4. The number of carbonyl (C=O) groups is 1. The number of aromatic nitrogens is 2. The third kappa shape index (κ3) is 5.13. The lowest BCUT2D eigenvalue weighted by Gasteiger charge is -2.04. The molecule has 3 rings (SSSR count). The number of rotatable bonds is 7. The van der Waals surface area contributed by atoms with Gasteiger partial charge in [0.2, 0.25) is 17.7 Å².